The van der Waals surface area contributed by atoms with Gasteiger partial charge in [-0.05, 0) is 51.4 Å². The topological polar surface area (TPSA) is 65.0 Å². The van der Waals surface area contributed by atoms with Gasteiger partial charge in [0.2, 0.25) is 0 Å². The van der Waals surface area contributed by atoms with Crippen LogP contribution in [0.3, 0.4) is 0 Å². The number of benzene rings is 8. The molecule has 0 aliphatic rings. The summed E-state index contributed by atoms with van der Waals surface area (Å²) >= 11 is 0. The number of hydrogen-bond acceptors (Lipinski definition) is 5. The second-order valence-corrected chi connectivity index (χ2v) is 13.1. The Bertz CT molecular complexity index is 3190. The van der Waals surface area contributed by atoms with E-state index in [-0.39, 0.29) is 0 Å². The second kappa shape index (κ2) is 11.2. The zero-order valence-corrected chi connectivity index (χ0v) is 27.7. The molecule has 0 spiro atoms. The lowest BCUT2D eigenvalue weighted by molar-refractivity contribution is 0.668. The van der Waals surface area contributed by atoms with Crippen LogP contribution in [-0.2, 0) is 0 Å². The highest BCUT2D eigenvalue weighted by Crippen LogP contribution is 2.44. The molecule has 52 heavy (non-hydrogen) atoms. The Labute approximate surface area is 297 Å². The molecule has 11 aromatic rings. The second-order valence-electron chi connectivity index (χ2n) is 13.1. The summed E-state index contributed by atoms with van der Waals surface area (Å²) in [4.78, 5) is 15.6. The largest absolute Gasteiger partial charge is 0.456 e. The van der Waals surface area contributed by atoms with E-state index < -0.39 is 0 Å². The fourth-order valence-electron chi connectivity index (χ4n) is 7.82. The van der Waals surface area contributed by atoms with Crippen LogP contribution in [0.4, 0.5) is 0 Å². The highest BCUT2D eigenvalue weighted by molar-refractivity contribution is 6.19. The fraction of sp³-hybridized carbons (Fsp3) is 0. The molecule has 0 aliphatic carbocycles. The lowest BCUT2D eigenvalue weighted by Gasteiger charge is -2.12. The van der Waals surface area contributed by atoms with Gasteiger partial charge < -0.3 is 8.83 Å². The molecule has 0 saturated heterocycles. The van der Waals surface area contributed by atoms with E-state index in [4.69, 9.17) is 23.8 Å². The van der Waals surface area contributed by atoms with Gasteiger partial charge in [-0.2, -0.15) is 0 Å². The van der Waals surface area contributed by atoms with E-state index in [2.05, 4.69) is 97.1 Å². The Morgan fingerprint density at radius 3 is 1.73 bits per heavy atom. The molecule has 0 fully saturated rings. The van der Waals surface area contributed by atoms with Crippen molar-refractivity contribution in [3.8, 4) is 45.3 Å². The van der Waals surface area contributed by atoms with Gasteiger partial charge in [0.1, 0.15) is 22.3 Å². The standard InChI is InChI=1S/C47H27N3O2/c1-2-13-28(14-3-1)45-48-46(50-47(49-45)38-27-29-15-4-5-16-30(29)31-17-6-7-18-32(31)38)37-23-12-26-41-43(37)36-22-10-21-34(44(36)52-41)33-20-11-25-40-42(33)35-19-8-9-24-39(35)51-40/h1-27H. The average Bonchev–Trinajstić information content (AvgIpc) is 3.80. The minimum absolute atomic E-state index is 0.586. The van der Waals surface area contributed by atoms with Crippen LogP contribution >= 0.6 is 0 Å². The monoisotopic (exact) mass is 665 g/mol. The Hall–Kier alpha value is -7.11. The number of aromatic nitrogens is 3. The molecule has 3 aromatic heterocycles. The van der Waals surface area contributed by atoms with Crippen LogP contribution in [0, 0.1) is 0 Å². The molecule has 5 heteroatoms. The minimum atomic E-state index is 0.586. The van der Waals surface area contributed by atoms with E-state index in [1.165, 1.54) is 5.39 Å². The number of furan rings is 2. The predicted molar refractivity (Wildman–Crippen MR) is 211 cm³/mol. The van der Waals surface area contributed by atoms with E-state index in [1.807, 2.05) is 66.7 Å². The Morgan fingerprint density at radius 2 is 0.885 bits per heavy atom. The SMILES string of the molecule is c1ccc(-c2nc(-c3cc4ccccc4c4ccccc34)nc(-c3cccc4oc5c(-c6cccc7oc8ccccc8c67)cccc5c34)n2)cc1. The van der Waals surface area contributed by atoms with Crippen molar-refractivity contribution in [1.29, 1.82) is 0 Å². The zero-order valence-electron chi connectivity index (χ0n) is 27.7. The lowest BCUT2D eigenvalue weighted by atomic mass is 9.96. The van der Waals surface area contributed by atoms with Crippen LogP contribution in [0.1, 0.15) is 0 Å². The van der Waals surface area contributed by atoms with E-state index in [0.717, 1.165) is 87.9 Å². The lowest BCUT2D eigenvalue weighted by Crippen LogP contribution is -2.01. The first kappa shape index (κ1) is 28.7. The third-order valence-corrected chi connectivity index (χ3v) is 10.1. The zero-order chi connectivity index (χ0) is 34.2. The molecular formula is C47H27N3O2. The number of para-hydroxylation sites is 2. The number of rotatable bonds is 4. The van der Waals surface area contributed by atoms with Gasteiger partial charge in [-0.1, -0.05) is 140 Å². The van der Waals surface area contributed by atoms with E-state index in [0.29, 0.717) is 17.5 Å². The summed E-state index contributed by atoms with van der Waals surface area (Å²) < 4.78 is 13.0. The molecule has 0 bridgehead atoms. The van der Waals surface area contributed by atoms with Crippen LogP contribution in [0.2, 0.25) is 0 Å². The molecule has 0 amide bonds. The van der Waals surface area contributed by atoms with Crippen molar-refractivity contribution in [2.45, 2.75) is 0 Å². The predicted octanol–water partition coefficient (Wildman–Crippen LogP) is 12.6. The molecule has 0 unspecified atom stereocenters. The third-order valence-electron chi connectivity index (χ3n) is 10.1. The Morgan fingerprint density at radius 1 is 0.327 bits per heavy atom. The highest BCUT2D eigenvalue weighted by Gasteiger charge is 2.22. The molecular weight excluding hydrogens is 639 g/mol. The molecule has 0 radical (unpaired) electrons. The van der Waals surface area contributed by atoms with Gasteiger partial charge >= 0.3 is 0 Å². The average molecular weight is 666 g/mol. The summed E-state index contributed by atoms with van der Waals surface area (Å²) in [5.74, 6) is 1.82. The summed E-state index contributed by atoms with van der Waals surface area (Å²) in [7, 11) is 0. The van der Waals surface area contributed by atoms with Gasteiger partial charge in [-0.3, -0.25) is 0 Å². The first-order valence-corrected chi connectivity index (χ1v) is 17.4. The third kappa shape index (κ3) is 4.33. The fourth-order valence-corrected chi connectivity index (χ4v) is 7.82. The van der Waals surface area contributed by atoms with E-state index >= 15 is 0 Å². The normalized spacial score (nSPS) is 11.8. The first-order chi connectivity index (χ1) is 25.8. The van der Waals surface area contributed by atoms with Crippen LogP contribution in [0.5, 0.6) is 0 Å². The summed E-state index contributed by atoms with van der Waals surface area (Å²) in [5.41, 5.74) is 8.11. The maximum Gasteiger partial charge on any atom is 0.164 e. The van der Waals surface area contributed by atoms with Crippen LogP contribution in [0.15, 0.2) is 173 Å². The smallest absolute Gasteiger partial charge is 0.164 e. The van der Waals surface area contributed by atoms with Gasteiger partial charge in [0.15, 0.2) is 17.5 Å². The number of hydrogen-bond donors (Lipinski definition) is 0. The maximum atomic E-state index is 6.77. The van der Waals surface area contributed by atoms with E-state index in [9.17, 15) is 0 Å². The minimum Gasteiger partial charge on any atom is -0.456 e. The summed E-state index contributed by atoms with van der Waals surface area (Å²) in [6.45, 7) is 0. The molecule has 0 saturated carbocycles. The van der Waals surface area contributed by atoms with E-state index in [1.54, 1.807) is 0 Å². The molecule has 0 aliphatic heterocycles. The van der Waals surface area contributed by atoms with Crippen LogP contribution in [0.25, 0.3) is 111 Å². The van der Waals surface area contributed by atoms with Crippen molar-refractivity contribution in [3.05, 3.63) is 164 Å². The molecule has 3 heterocycles. The summed E-state index contributed by atoms with van der Waals surface area (Å²) in [6.07, 6.45) is 0. The van der Waals surface area contributed by atoms with Crippen LogP contribution < -0.4 is 0 Å². The van der Waals surface area contributed by atoms with Gasteiger partial charge in [0.05, 0.1) is 0 Å². The number of nitrogens with zero attached hydrogens (tertiary/aromatic N) is 3. The molecule has 8 aromatic carbocycles. The highest BCUT2D eigenvalue weighted by atomic mass is 16.3. The quantitative estimate of drug-likeness (QED) is 0.175. The van der Waals surface area contributed by atoms with Gasteiger partial charge in [0.25, 0.3) is 0 Å². The molecule has 5 nitrogen and oxygen atoms in total. The van der Waals surface area contributed by atoms with Crippen molar-refractivity contribution < 1.29 is 8.83 Å². The van der Waals surface area contributed by atoms with Gasteiger partial charge in [-0.15, -0.1) is 0 Å². The van der Waals surface area contributed by atoms with Gasteiger partial charge in [0, 0.05) is 43.8 Å². The van der Waals surface area contributed by atoms with Crippen molar-refractivity contribution in [2.75, 3.05) is 0 Å². The molecule has 242 valence electrons. The Balaban J connectivity index is 1.18. The van der Waals surface area contributed by atoms with Crippen molar-refractivity contribution in [2.24, 2.45) is 0 Å². The van der Waals surface area contributed by atoms with Crippen LogP contribution in [-0.4, -0.2) is 15.0 Å². The molecule has 11 rings (SSSR count). The van der Waals surface area contributed by atoms with Crippen molar-refractivity contribution >= 4 is 65.4 Å². The van der Waals surface area contributed by atoms with Crippen molar-refractivity contribution in [1.82, 2.24) is 15.0 Å². The summed E-state index contributed by atoms with van der Waals surface area (Å²) in [6, 6.07) is 56.1. The van der Waals surface area contributed by atoms with Gasteiger partial charge in [-0.25, -0.2) is 15.0 Å². The Kier molecular flexibility index (Phi) is 6.18. The first-order valence-electron chi connectivity index (χ1n) is 17.4. The molecule has 0 N–H and O–H groups in total. The molecule has 0 atom stereocenters. The van der Waals surface area contributed by atoms with Crippen molar-refractivity contribution in [3.63, 3.8) is 0 Å². The maximum absolute atomic E-state index is 6.77. The summed E-state index contributed by atoms with van der Waals surface area (Å²) in [5, 5.41) is 8.69. The number of fused-ring (bicyclic) bond motifs is 9.